The van der Waals surface area contributed by atoms with Gasteiger partial charge in [-0.25, -0.2) is 14.1 Å². The lowest BCUT2D eigenvalue weighted by Gasteiger charge is -2.15. The van der Waals surface area contributed by atoms with Crippen molar-refractivity contribution >= 4 is 52.4 Å². The second kappa shape index (κ2) is 9.78. The predicted molar refractivity (Wildman–Crippen MR) is 128 cm³/mol. The molecule has 3 aromatic carbocycles. The van der Waals surface area contributed by atoms with Crippen molar-refractivity contribution in [3.63, 3.8) is 0 Å². The van der Waals surface area contributed by atoms with Crippen molar-refractivity contribution < 1.29 is 28.3 Å². The van der Waals surface area contributed by atoms with E-state index in [1.807, 2.05) is 0 Å². The van der Waals surface area contributed by atoms with Crippen LogP contribution in [0.25, 0.3) is 0 Å². The van der Waals surface area contributed by atoms with Gasteiger partial charge in [-0.3, -0.25) is 14.4 Å². The van der Waals surface area contributed by atoms with Gasteiger partial charge >= 0.3 is 5.97 Å². The highest BCUT2D eigenvalue weighted by molar-refractivity contribution is 6.53. The summed E-state index contributed by atoms with van der Waals surface area (Å²) in [6, 6.07) is 17.7. The molecule has 4 rings (SSSR count). The third-order valence-electron chi connectivity index (χ3n) is 5.12. The molecule has 2 N–H and O–H groups in total. The van der Waals surface area contributed by atoms with E-state index in [1.165, 1.54) is 55.6 Å². The summed E-state index contributed by atoms with van der Waals surface area (Å²) in [4.78, 5) is 50.5. The van der Waals surface area contributed by atoms with Crippen molar-refractivity contribution in [1.29, 1.82) is 0 Å². The van der Waals surface area contributed by atoms with Gasteiger partial charge in [-0.15, -0.1) is 0 Å². The molecule has 0 fully saturated rings. The van der Waals surface area contributed by atoms with E-state index in [2.05, 4.69) is 10.6 Å². The number of nitrogens with zero attached hydrogens (tertiary/aromatic N) is 1. The van der Waals surface area contributed by atoms with Gasteiger partial charge in [0.25, 0.3) is 17.7 Å². The molecule has 35 heavy (non-hydrogen) atoms. The number of methoxy groups -OCH3 is 1. The minimum absolute atomic E-state index is 0.201. The summed E-state index contributed by atoms with van der Waals surface area (Å²) < 4.78 is 18.9. The number of ether oxygens (including phenoxy) is 1. The lowest BCUT2D eigenvalue weighted by molar-refractivity contribution is -0.120. The molecule has 10 heteroatoms. The Morgan fingerprint density at radius 3 is 2.26 bits per heavy atom. The lowest BCUT2D eigenvalue weighted by atomic mass is 10.1. The molecule has 0 radical (unpaired) electrons. The van der Waals surface area contributed by atoms with Gasteiger partial charge in [0.1, 0.15) is 16.5 Å². The maximum absolute atomic E-state index is 14.1. The van der Waals surface area contributed by atoms with E-state index in [4.69, 9.17) is 16.3 Å². The number of carbonyl (C=O) groups is 4. The summed E-state index contributed by atoms with van der Waals surface area (Å²) in [5, 5.41) is 5.02. The molecule has 0 atom stereocenters. The fraction of sp³-hybridized carbons (Fsp3) is 0.0400. The molecule has 176 valence electrons. The van der Waals surface area contributed by atoms with E-state index in [0.29, 0.717) is 10.6 Å². The molecular weight excluding hydrogens is 477 g/mol. The quantitative estimate of drug-likeness (QED) is 0.392. The number of anilines is 3. The number of esters is 1. The zero-order valence-electron chi connectivity index (χ0n) is 18.2. The van der Waals surface area contributed by atoms with Crippen LogP contribution < -0.4 is 15.5 Å². The molecule has 3 aromatic rings. The van der Waals surface area contributed by atoms with Gasteiger partial charge in [0.15, 0.2) is 0 Å². The normalized spacial score (nSPS) is 13.2. The predicted octanol–water partition coefficient (Wildman–Crippen LogP) is 4.30. The number of hydrogen-bond donors (Lipinski definition) is 2. The molecule has 0 unspecified atom stereocenters. The van der Waals surface area contributed by atoms with E-state index in [-0.39, 0.29) is 33.2 Å². The fourth-order valence-electron chi connectivity index (χ4n) is 3.39. The smallest absolute Gasteiger partial charge is 0.339 e. The minimum Gasteiger partial charge on any atom is -0.465 e. The number of nitrogens with one attached hydrogen (secondary N) is 2. The van der Waals surface area contributed by atoms with Gasteiger partial charge in [-0.1, -0.05) is 35.9 Å². The van der Waals surface area contributed by atoms with Gasteiger partial charge in [-0.05, 0) is 48.5 Å². The molecule has 3 amide bonds. The first-order valence-corrected chi connectivity index (χ1v) is 10.6. The Balaban J connectivity index is 1.50. The Morgan fingerprint density at radius 2 is 1.57 bits per heavy atom. The van der Waals surface area contributed by atoms with Gasteiger partial charge in [0.05, 0.1) is 24.0 Å². The summed E-state index contributed by atoms with van der Waals surface area (Å²) in [7, 11) is 1.24. The topological polar surface area (TPSA) is 105 Å². The van der Waals surface area contributed by atoms with Crippen LogP contribution in [0.1, 0.15) is 20.7 Å². The summed E-state index contributed by atoms with van der Waals surface area (Å²) in [6.07, 6.45) is 0. The molecule has 0 aliphatic carbocycles. The van der Waals surface area contributed by atoms with Crippen molar-refractivity contribution in [3.05, 3.63) is 100 Å². The highest BCUT2D eigenvalue weighted by Crippen LogP contribution is 2.31. The molecule has 8 nitrogen and oxygen atoms in total. The Morgan fingerprint density at radius 1 is 0.914 bits per heavy atom. The first-order valence-electron chi connectivity index (χ1n) is 10.2. The molecule has 1 heterocycles. The fourth-order valence-corrected chi connectivity index (χ4v) is 3.60. The van der Waals surface area contributed by atoms with Gasteiger partial charge in [0.2, 0.25) is 0 Å². The molecule has 0 bridgehead atoms. The lowest BCUT2D eigenvalue weighted by Crippen LogP contribution is -2.33. The number of hydrogen-bond acceptors (Lipinski definition) is 6. The van der Waals surface area contributed by atoms with Crippen LogP contribution in [-0.2, 0) is 14.3 Å². The SMILES string of the molecule is COC(=O)c1ccccc1NC(=O)c1ccc(NC2=C(Cl)C(=O)N(c3ccccc3F)C2=O)cc1. The van der Waals surface area contributed by atoms with Crippen molar-refractivity contribution in [2.75, 3.05) is 22.6 Å². The van der Waals surface area contributed by atoms with Crippen LogP contribution in [0.3, 0.4) is 0 Å². The van der Waals surface area contributed by atoms with E-state index in [1.54, 1.807) is 18.2 Å². The number of halogens is 2. The summed E-state index contributed by atoms with van der Waals surface area (Å²) in [5.74, 6) is -3.49. The molecule has 1 aliphatic rings. The Hall–Kier alpha value is -4.50. The van der Waals surface area contributed by atoms with Crippen molar-refractivity contribution in [3.8, 4) is 0 Å². The Labute approximate surface area is 203 Å². The first kappa shape index (κ1) is 23.7. The molecule has 1 aliphatic heterocycles. The highest BCUT2D eigenvalue weighted by Gasteiger charge is 2.40. The average Bonchev–Trinajstić information content (AvgIpc) is 3.07. The van der Waals surface area contributed by atoms with Crippen LogP contribution in [0.4, 0.5) is 21.5 Å². The molecule has 0 saturated heterocycles. The number of amides is 3. The van der Waals surface area contributed by atoms with Crippen molar-refractivity contribution in [1.82, 2.24) is 0 Å². The largest absolute Gasteiger partial charge is 0.465 e. The summed E-state index contributed by atoms with van der Waals surface area (Å²) in [5.41, 5.74) is 0.679. The van der Waals surface area contributed by atoms with Gasteiger partial charge in [-0.2, -0.15) is 0 Å². The van der Waals surface area contributed by atoms with E-state index in [0.717, 1.165) is 6.07 Å². The van der Waals surface area contributed by atoms with Crippen molar-refractivity contribution in [2.45, 2.75) is 0 Å². The highest BCUT2D eigenvalue weighted by atomic mass is 35.5. The average molecular weight is 494 g/mol. The molecule has 0 aromatic heterocycles. The van der Waals surface area contributed by atoms with Gasteiger partial charge < -0.3 is 15.4 Å². The van der Waals surface area contributed by atoms with Crippen molar-refractivity contribution in [2.24, 2.45) is 0 Å². The van der Waals surface area contributed by atoms with Gasteiger partial charge in [0, 0.05) is 11.3 Å². The van der Waals surface area contributed by atoms with E-state index >= 15 is 0 Å². The number of benzene rings is 3. The summed E-state index contributed by atoms with van der Waals surface area (Å²) in [6.45, 7) is 0. The zero-order chi connectivity index (χ0) is 25.1. The number of imide groups is 1. The Bertz CT molecular complexity index is 1390. The molecule has 0 saturated carbocycles. The van der Waals surface area contributed by atoms with Crippen LogP contribution in [0.2, 0.25) is 0 Å². The number of carbonyl (C=O) groups excluding carboxylic acids is 4. The third-order valence-corrected chi connectivity index (χ3v) is 5.47. The monoisotopic (exact) mass is 493 g/mol. The molecular formula is C25H17ClFN3O5. The van der Waals surface area contributed by atoms with E-state index in [9.17, 15) is 23.6 Å². The molecule has 0 spiro atoms. The second-order valence-corrected chi connectivity index (χ2v) is 7.66. The van der Waals surface area contributed by atoms with E-state index < -0.39 is 29.5 Å². The van der Waals surface area contributed by atoms with Crippen LogP contribution >= 0.6 is 11.6 Å². The summed E-state index contributed by atoms with van der Waals surface area (Å²) >= 11 is 6.08. The maximum atomic E-state index is 14.1. The minimum atomic E-state index is -0.857. The second-order valence-electron chi connectivity index (χ2n) is 7.28. The zero-order valence-corrected chi connectivity index (χ0v) is 18.9. The van der Waals surface area contributed by atoms with Crippen LogP contribution in [0, 0.1) is 5.82 Å². The number of para-hydroxylation sites is 2. The number of rotatable bonds is 6. The standard InChI is InChI=1S/C25H17ClFN3O5/c1-35-25(34)16-6-2-4-8-18(16)29-22(31)14-10-12-15(13-11-14)28-21-20(26)23(32)30(24(21)33)19-9-5-3-7-17(19)27/h2-13,28H,1H3,(H,29,31). The Kier molecular flexibility index (Phi) is 6.61. The first-order chi connectivity index (χ1) is 16.8. The van der Waals surface area contributed by atoms with Crippen LogP contribution in [-0.4, -0.2) is 30.8 Å². The third kappa shape index (κ3) is 4.62. The maximum Gasteiger partial charge on any atom is 0.339 e. The van der Waals surface area contributed by atoms with Crippen LogP contribution in [0.15, 0.2) is 83.5 Å². The van der Waals surface area contributed by atoms with Crippen LogP contribution in [0.5, 0.6) is 0 Å².